The number of hydrogen-bond donors (Lipinski definition) is 1. The second-order valence-corrected chi connectivity index (χ2v) is 7.31. The van der Waals surface area contributed by atoms with Crippen LogP contribution in [0.15, 0.2) is 48.5 Å². The van der Waals surface area contributed by atoms with Gasteiger partial charge in [0.2, 0.25) is 0 Å². The fourth-order valence-corrected chi connectivity index (χ4v) is 4.03. The Bertz CT molecular complexity index is 888. The fraction of sp³-hybridized carbons (Fsp3) is 0.300. The quantitative estimate of drug-likeness (QED) is 0.753. The predicted octanol–water partition coefficient (Wildman–Crippen LogP) is 3.03. The number of benzene rings is 2. The molecule has 1 fully saturated rings. The van der Waals surface area contributed by atoms with Crippen molar-refractivity contribution < 1.29 is 9.53 Å². The first-order chi connectivity index (χ1) is 12.8. The van der Waals surface area contributed by atoms with E-state index in [2.05, 4.69) is 27.3 Å². The second kappa shape index (κ2) is 7.95. The summed E-state index contributed by atoms with van der Waals surface area (Å²) in [6.07, 6.45) is 0. The van der Waals surface area contributed by atoms with Crippen molar-refractivity contribution in [1.29, 1.82) is 0 Å². The van der Waals surface area contributed by atoms with Crippen molar-refractivity contribution in [2.45, 2.75) is 0 Å². The van der Waals surface area contributed by atoms with Crippen LogP contribution in [0.5, 0.6) is 0 Å². The second-order valence-electron chi connectivity index (χ2n) is 6.28. The summed E-state index contributed by atoms with van der Waals surface area (Å²) in [6, 6.07) is 15.8. The number of nitrogens with one attached hydrogen (secondary N) is 1. The highest BCUT2D eigenvalue weighted by Gasteiger charge is 2.12. The fourth-order valence-electron chi connectivity index (χ4n) is 3.02. The number of hydrogen-bond acceptors (Lipinski definition) is 5. The first-order valence-electron chi connectivity index (χ1n) is 8.84. The Morgan fingerprint density at radius 1 is 1.15 bits per heavy atom. The summed E-state index contributed by atoms with van der Waals surface area (Å²) >= 11 is 1.62. The maximum atomic E-state index is 12.4. The van der Waals surface area contributed by atoms with E-state index < -0.39 is 0 Å². The highest BCUT2D eigenvalue weighted by molar-refractivity contribution is 7.21. The Kier molecular flexibility index (Phi) is 5.24. The summed E-state index contributed by atoms with van der Waals surface area (Å²) in [7, 11) is 0. The molecular weight excluding hydrogens is 346 g/mol. The van der Waals surface area contributed by atoms with Crippen molar-refractivity contribution in [3.05, 3.63) is 54.1 Å². The number of thiazole rings is 1. The molecule has 1 aliphatic rings. The van der Waals surface area contributed by atoms with Crippen molar-refractivity contribution in [1.82, 2.24) is 15.2 Å². The third-order valence-corrected chi connectivity index (χ3v) is 5.56. The SMILES string of the molecule is O=C(NCCN1CCOCC1)c1ccc2nc(-c3ccccc3)sc2c1. The number of amides is 1. The largest absolute Gasteiger partial charge is 0.379 e. The molecule has 0 aliphatic carbocycles. The highest BCUT2D eigenvalue weighted by atomic mass is 32.1. The lowest BCUT2D eigenvalue weighted by Crippen LogP contribution is -2.41. The molecule has 0 bridgehead atoms. The van der Waals surface area contributed by atoms with E-state index in [9.17, 15) is 4.79 Å². The Balaban J connectivity index is 1.42. The standard InChI is InChI=1S/C20H21N3O2S/c24-19(21-8-9-23-10-12-25-13-11-23)16-6-7-17-18(14-16)26-20(22-17)15-4-2-1-3-5-15/h1-7,14H,8-13H2,(H,21,24). The smallest absolute Gasteiger partial charge is 0.251 e. The van der Waals surface area contributed by atoms with Crippen LogP contribution in [0.1, 0.15) is 10.4 Å². The van der Waals surface area contributed by atoms with Crippen LogP contribution in [-0.4, -0.2) is 55.2 Å². The number of fused-ring (bicyclic) bond motifs is 1. The summed E-state index contributed by atoms with van der Waals surface area (Å²) in [5.41, 5.74) is 2.71. The number of morpholine rings is 1. The first-order valence-corrected chi connectivity index (χ1v) is 9.65. The predicted molar refractivity (Wildman–Crippen MR) is 105 cm³/mol. The molecule has 0 unspecified atom stereocenters. The topological polar surface area (TPSA) is 54.5 Å². The van der Waals surface area contributed by atoms with Crippen molar-refractivity contribution in [2.75, 3.05) is 39.4 Å². The molecule has 0 saturated carbocycles. The molecule has 1 aromatic heterocycles. The van der Waals surface area contributed by atoms with E-state index >= 15 is 0 Å². The van der Waals surface area contributed by atoms with Crippen LogP contribution in [0.3, 0.4) is 0 Å². The van der Waals surface area contributed by atoms with Crippen LogP contribution in [0.4, 0.5) is 0 Å². The minimum atomic E-state index is -0.0326. The molecular formula is C20H21N3O2S. The molecule has 5 nitrogen and oxygen atoms in total. The lowest BCUT2D eigenvalue weighted by Gasteiger charge is -2.26. The van der Waals surface area contributed by atoms with Gasteiger partial charge < -0.3 is 10.1 Å². The number of aromatic nitrogens is 1. The Hall–Kier alpha value is -2.28. The summed E-state index contributed by atoms with van der Waals surface area (Å²) in [6.45, 7) is 4.93. The first kappa shape index (κ1) is 17.1. The van der Waals surface area contributed by atoms with Gasteiger partial charge in [-0.1, -0.05) is 30.3 Å². The van der Waals surface area contributed by atoms with E-state index in [0.717, 1.165) is 53.6 Å². The summed E-state index contributed by atoms with van der Waals surface area (Å²) < 4.78 is 6.37. The number of ether oxygens (including phenoxy) is 1. The van der Waals surface area contributed by atoms with Gasteiger partial charge in [0.15, 0.2) is 0 Å². The van der Waals surface area contributed by atoms with Crippen LogP contribution in [0.25, 0.3) is 20.8 Å². The molecule has 26 heavy (non-hydrogen) atoms. The monoisotopic (exact) mass is 367 g/mol. The molecule has 134 valence electrons. The van der Waals surface area contributed by atoms with Gasteiger partial charge >= 0.3 is 0 Å². The van der Waals surface area contributed by atoms with Crippen LogP contribution in [0.2, 0.25) is 0 Å². The average molecular weight is 367 g/mol. The Morgan fingerprint density at radius 2 is 1.96 bits per heavy atom. The maximum absolute atomic E-state index is 12.4. The summed E-state index contributed by atoms with van der Waals surface area (Å²) in [5, 5.41) is 3.99. The van der Waals surface area contributed by atoms with Crippen LogP contribution in [0, 0.1) is 0 Å². The third kappa shape index (κ3) is 3.93. The number of carbonyl (C=O) groups excluding carboxylic acids is 1. The van der Waals surface area contributed by atoms with Gasteiger partial charge in [-0.15, -0.1) is 11.3 Å². The molecule has 0 radical (unpaired) electrons. The van der Waals surface area contributed by atoms with E-state index in [1.807, 2.05) is 36.4 Å². The number of rotatable bonds is 5. The van der Waals surface area contributed by atoms with Gasteiger partial charge in [-0.2, -0.15) is 0 Å². The van der Waals surface area contributed by atoms with Gasteiger partial charge in [-0.05, 0) is 18.2 Å². The van der Waals surface area contributed by atoms with E-state index in [4.69, 9.17) is 4.74 Å². The molecule has 6 heteroatoms. The molecule has 4 rings (SSSR count). The molecule has 2 heterocycles. The maximum Gasteiger partial charge on any atom is 0.251 e. The minimum absolute atomic E-state index is 0.0326. The molecule has 1 aliphatic heterocycles. The van der Waals surface area contributed by atoms with Gasteiger partial charge in [0, 0.05) is 37.3 Å². The summed E-state index contributed by atoms with van der Waals surface area (Å²) in [5.74, 6) is -0.0326. The molecule has 0 atom stereocenters. The van der Waals surface area contributed by atoms with E-state index in [1.165, 1.54) is 0 Å². The van der Waals surface area contributed by atoms with E-state index in [-0.39, 0.29) is 5.91 Å². The average Bonchev–Trinajstić information content (AvgIpc) is 3.13. The zero-order chi connectivity index (χ0) is 17.8. The van der Waals surface area contributed by atoms with Crippen LogP contribution >= 0.6 is 11.3 Å². The van der Waals surface area contributed by atoms with Gasteiger partial charge in [0.1, 0.15) is 5.01 Å². The van der Waals surface area contributed by atoms with E-state index in [1.54, 1.807) is 11.3 Å². The molecule has 2 aromatic carbocycles. The number of nitrogens with zero attached hydrogens (tertiary/aromatic N) is 2. The van der Waals surface area contributed by atoms with Crippen molar-refractivity contribution in [3.63, 3.8) is 0 Å². The van der Waals surface area contributed by atoms with Gasteiger partial charge in [0.25, 0.3) is 5.91 Å². The number of carbonyl (C=O) groups is 1. The van der Waals surface area contributed by atoms with E-state index in [0.29, 0.717) is 12.1 Å². The Labute approximate surface area is 156 Å². The van der Waals surface area contributed by atoms with Crippen molar-refractivity contribution in [3.8, 4) is 10.6 Å². The van der Waals surface area contributed by atoms with Gasteiger partial charge in [-0.25, -0.2) is 4.98 Å². The molecule has 3 aromatic rings. The molecule has 1 N–H and O–H groups in total. The van der Waals surface area contributed by atoms with Crippen molar-refractivity contribution >= 4 is 27.5 Å². The van der Waals surface area contributed by atoms with Crippen LogP contribution < -0.4 is 5.32 Å². The van der Waals surface area contributed by atoms with Gasteiger partial charge in [0.05, 0.1) is 23.4 Å². The molecule has 0 spiro atoms. The molecule has 1 saturated heterocycles. The van der Waals surface area contributed by atoms with Gasteiger partial charge in [-0.3, -0.25) is 9.69 Å². The van der Waals surface area contributed by atoms with Crippen molar-refractivity contribution in [2.24, 2.45) is 0 Å². The highest BCUT2D eigenvalue weighted by Crippen LogP contribution is 2.30. The zero-order valence-electron chi connectivity index (χ0n) is 14.5. The minimum Gasteiger partial charge on any atom is -0.379 e. The zero-order valence-corrected chi connectivity index (χ0v) is 15.3. The lowest BCUT2D eigenvalue weighted by molar-refractivity contribution is 0.0383. The lowest BCUT2D eigenvalue weighted by atomic mass is 10.2. The Morgan fingerprint density at radius 3 is 2.77 bits per heavy atom. The molecule has 1 amide bonds. The summed E-state index contributed by atoms with van der Waals surface area (Å²) in [4.78, 5) is 19.4. The normalized spacial score (nSPS) is 15.2. The van der Waals surface area contributed by atoms with Crippen LogP contribution in [-0.2, 0) is 4.74 Å². The third-order valence-electron chi connectivity index (χ3n) is 4.49.